The van der Waals surface area contributed by atoms with Crippen LogP contribution in [-0.4, -0.2) is 25.2 Å². The number of rotatable bonds is 4. The van der Waals surface area contributed by atoms with Gasteiger partial charge >= 0.3 is 6.18 Å². The van der Waals surface area contributed by atoms with Crippen LogP contribution in [-0.2, 0) is 15.7 Å². The molecule has 0 aromatic heterocycles. The van der Waals surface area contributed by atoms with Crippen LogP contribution in [0.5, 0.6) is 0 Å². The molecule has 0 aliphatic carbocycles. The molecule has 1 amide bonds. The molecule has 1 aromatic carbocycles. The van der Waals surface area contributed by atoms with Crippen molar-refractivity contribution in [2.24, 2.45) is 0 Å². The highest BCUT2D eigenvalue weighted by Crippen LogP contribution is 2.29. The summed E-state index contributed by atoms with van der Waals surface area (Å²) >= 11 is 0. The van der Waals surface area contributed by atoms with Crippen LogP contribution in [0.2, 0.25) is 0 Å². The Balaban J connectivity index is 2.08. The molecule has 7 heteroatoms. The molecular weight excluding hydrogens is 309 g/mol. The third kappa shape index (κ3) is 4.83. The maximum Gasteiger partial charge on any atom is 0.416 e. The van der Waals surface area contributed by atoms with E-state index in [1.807, 2.05) is 0 Å². The van der Waals surface area contributed by atoms with Crippen LogP contribution < -0.4 is 5.32 Å². The summed E-state index contributed by atoms with van der Waals surface area (Å²) in [5.74, 6) is -0.625. The predicted octanol–water partition coefficient (Wildman–Crippen LogP) is 2.91. The van der Waals surface area contributed by atoms with Gasteiger partial charge in [-0.2, -0.15) is 18.4 Å². The Kier molecular flexibility index (Phi) is 5.40. The molecule has 1 atom stereocenters. The van der Waals surface area contributed by atoms with Gasteiger partial charge in [0.05, 0.1) is 11.7 Å². The number of ether oxygens (including phenoxy) is 1. The van der Waals surface area contributed by atoms with Crippen LogP contribution >= 0.6 is 0 Å². The Hall–Kier alpha value is -2.33. The molecule has 1 aliphatic rings. The van der Waals surface area contributed by atoms with Crippen molar-refractivity contribution in [3.63, 3.8) is 0 Å². The van der Waals surface area contributed by atoms with Gasteiger partial charge in [-0.15, -0.1) is 0 Å². The Bertz CT molecular complexity index is 641. The molecule has 2 rings (SSSR count). The van der Waals surface area contributed by atoms with Gasteiger partial charge < -0.3 is 10.1 Å². The van der Waals surface area contributed by atoms with Gasteiger partial charge in [-0.25, -0.2) is 0 Å². The van der Waals surface area contributed by atoms with Crippen LogP contribution in [0.25, 0.3) is 6.08 Å². The van der Waals surface area contributed by atoms with Crippen LogP contribution in [0, 0.1) is 11.3 Å². The van der Waals surface area contributed by atoms with Crippen molar-refractivity contribution in [1.29, 1.82) is 5.26 Å². The predicted molar refractivity (Wildman–Crippen MR) is 77.0 cm³/mol. The smallest absolute Gasteiger partial charge is 0.376 e. The third-order valence-electron chi connectivity index (χ3n) is 3.40. The number of alkyl halides is 3. The van der Waals surface area contributed by atoms with E-state index in [0.29, 0.717) is 6.61 Å². The number of carbonyl (C=O) groups is 1. The first-order chi connectivity index (χ1) is 10.9. The SMILES string of the molecule is N#CC(=Cc1cccc(C(F)(F)F)c1)C(=O)NCC1CCCO1. The standard InChI is InChI=1S/C16H15F3N2O2/c17-16(18,19)13-4-1-3-11(8-13)7-12(9-20)15(22)21-10-14-5-2-6-23-14/h1,3-4,7-8,14H,2,5-6,10H2,(H,21,22). The van der Waals surface area contributed by atoms with E-state index in [1.165, 1.54) is 12.1 Å². The molecule has 0 radical (unpaired) electrons. The van der Waals surface area contributed by atoms with Crippen molar-refractivity contribution in [3.05, 3.63) is 41.0 Å². The average molecular weight is 324 g/mol. The fourth-order valence-corrected chi connectivity index (χ4v) is 2.23. The number of amides is 1. The number of halogens is 3. The van der Waals surface area contributed by atoms with E-state index in [2.05, 4.69) is 5.32 Å². The summed E-state index contributed by atoms with van der Waals surface area (Å²) in [7, 11) is 0. The first-order valence-corrected chi connectivity index (χ1v) is 7.09. The van der Waals surface area contributed by atoms with Gasteiger partial charge in [0.25, 0.3) is 5.91 Å². The van der Waals surface area contributed by atoms with Crippen LogP contribution in [0.4, 0.5) is 13.2 Å². The second-order valence-corrected chi connectivity index (χ2v) is 5.14. The minimum atomic E-state index is -4.47. The minimum Gasteiger partial charge on any atom is -0.376 e. The summed E-state index contributed by atoms with van der Waals surface area (Å²) < 4.78 is 43.3. The summed E-state index contributed by atoms with van der Waals surface area (Å²) in [5.41, 5.74) is -0.936. The maximum absolute atomic E-state index is 12.7. The lowest BCUT2D eigenvalue weighted by molar-refractivity contribution is -0.137. The zero-order valence-corrected chi connectivity index (χ0v) is 12.2. The molecule has 1 unspecified atom stereocenters. The van der Waals surface area contributed by atoms with Gasteiger partial charge in [-0.05, 0) is 36.6 Å². The lowest BCUT2D eigenvalue weighted by atomic mass is 10.1. The lowest BCUT2D eigenvalue weighted by Gasteiger charge is -2.10. The molecule has 0 spiro atoms. The summed E-state index contributed by atoms with van der Waals surface area (Å²) in [6.45, 7) is 0.923. The van der Waals surface area contributed by atoms with Gasteiger partial charge in [-0.3, -0.25) is 4.79 Å². The zero-order chi connectivity index (χ0) is 16.9. The molecule has 1 aromatic rings. The van der Waals surface area contributed by atoms with Gasteiger partial charge in [0.2, 0.25) is 0 Å². The average Bonchev–Trinajstić information content (AvgIpc) is 3.03. The quantitative estimate of drug-likeness (QED) is 0.684. The van der Waals surface area contributed by atoms with E-state index >= 15 is 0 Å². The molecule has 0 bridgehead atoms. The molecule has 1 saturated heterocycles. The number of hydrogen-bond acceptors (Lipinski definition) is 3. The number of nitrogens with one attached hydrogen (secondary N) is 1. The van der Waals surface area contributed by atoms with E-state index in [4.69, 9.17) is 10.00 Å². The number of carbonyl (C=O) groups excluding carboxylic acids is 1. The number of benzene rings is 1. The highest BCUT2D eigenvalue weighted by atomic mass is 19.4. The normalized spacial score (nSPS) is 18.5. The van der Waals surface area contributed by atoms with Crippen molar-refractivity contribution in [3.8, 4) is 6.07 Å². The first kappa shape index (κ1) is 17.0. The molecule has 1 aliphatic heterocycles. The lowest BCUT2D eigenvalue weighted by Crippen LogP contribution is -2.32. The van der Waals surface area contributed by atoms with E-state index in [1.54, 1.807) is 6.07 Å². The Labute approximate surface area is 131 Å². The van der Waals surface area contributed by atoms with E-state index < -0.39 is 17.6 Å². The van der Waals surface area contributed by atoms with Crippen molar-refractivity contribution >= 4 is 12.0 Å². The zero-order valence-electron chi connectivity index (χ0n) is 12.2. The van der Waals surface area contributed by atoms with E-state index in [9.17, 15) is 18.0 Å². The first-order valence-electron chi connectivity index (χ1n) is 7.09. The molecule has 1 heterocycles. The molecule has 1 N–H and O–H groups in total. The van der Waals surface area contributed by atoms with Crippen molar-refractivity contribution < 1.29 is 22.7 Å². The second kappa shape index (κ2) is 7.29. The minimum absolute atomic E-state index is 0.0764. The summed E-state index contributed by atoms with van der Waals surface area (Å²) in [4.78, 5) is 11.9. The number of hydrogen-bond donors (Lipinski definition) is 1. The topological polar surface area (TPSA) is 62.1 Å². The van der Waals surface area contributed by atoms with Gasteiger partial charge in [0.1, 0.15) is 11.6 Å². The van der Waals surface area contributed by atoms with E-state index in [-0.39, 0.29) is 23.8 Å². The molecule has 0 saturated carbocycles. The van der Waals surface area contributed by atoms with Gasteiger partial charge in [-0.1, -0.05) is 12.1 Å². The van der Waals surface area contributed by atoms with Crippen LogP contribution in [0.3, 0.4) is 0 Å². The summed E-state index contributed by atoms with van der Waals surface area (Å²) in [6, 6.07) is 6.17. The fraction of sp³-hybridized carbons (Fsp3) is 0.375. The third-order valence-corrected chi connectivity index (χ3v) is 3.40. The Morgan fingerprint density at radius 3 is 2.87 bits per heavy atom. The summed E-state index contributed by atoms with van der Waals surface area (Å²) in [5, 5.41) is 11.6. The van der Waals surface area contributed by atoms with Crippen molar-refractivity contribution in [1.82, 2.24) is 5.32 Å². The highest BCUT2D eigenvalue weighted by molar-refractivity contribution is 6.01. The van der Waals surface area contributed by atoms with Crippen molar-refractivity contribution in [2.45, 2.75) is 25.1 Å². The van der Waals surface area contributed by atoms with Crippen LogP contribution in [0.15, 0.2) is 29.8 Å². The van der Waals surface area contributed by atoms with Gasteiger partial charge in [0, 0.05) is 13.2 Å². The summed E-state index contributed by atoms with van der Waals surface area (Å²) in [6.07, 6.45) is -1.66. The fourth-order valence-electron chi connectivity index (χ4n) is 2.23. The second-order valence-electron chi connectivity index (χ2n) is 5.14. The Morgan fingerprint density at radius 1 is 1.48 bits per heavy atom. The highest BCUT2D eigenvalue weighted by Gasteiger charge is 2.30. The maximum atomic E-state index is 12.7. The van der Waals surface area contributed by atoms with Gasteiger partial charge in [0.15, 0.2) is 0 Å². The van der Waals surface area contributed by atoms with Crippen LogP contribution in [0.1, 0.15) is 24.0 Å². The molecule has 122 valence electrons. The van der Waals surface area contributed by atoms with E-state index in [0.717, 1.165) is 31.1 Å². The number of nitriles is 1. The molecule has 4 nitrogen and oxygen atoms in total. The number of nitrogens with zero attached hydrogens (tertiary/aromatic N) is 1. The molecule has 1 fully saturated rings. The van der Waals surface area contributed by atoms with Crippen molar-refractivity contribution in [2.75, 3.05) is 13.2 Å². The molecule has 23 heavy (non-hydrogen) atoms. The molecular formula is C16H15F3N2O2. The Morgan fingerprint density at radius 2 is 2.26 bits per heavy atom. The largest absolute Gasteiger partial charge is 0.416 e. The monoisotopic (exact) mass is 324 g/mol.